The van der Waals surface area contributed by atoms with Gasteiger partial charge in [0.15, 0.2) is 5.16 Å². The van der Waals surface area contributed by atoms with Crippen LogP contribution in [0.2, 0.25) is 0 Å². The van der Waals surface area contributed by atoms with Crippen molar-refractivity contribution >= 4 is 11.8 Å². The molecule has 6 nitrogen and oxygen atoms in total. The first-order valence-corrected chi connectivity index (χ1v) is 9.90. The predicted molar refractivity (Wildman–Crippen MR) is 108 cm³/mol. The molecule has 0 N–H and O–H groups in total. The lowest BCUT2D eigenvalue weighted by Crippen LogP contribution is -2.20. The summed E-state index contributed by atoms with van der Waals surface area (Å²) in [7, 11) is 4.08. The minimum atomic E-state index is 0.635. The normalized spacial score (nSPS) is 11.1. The molecule has 0 fully saturated rings. The van der Waals surface area contributed by atoms with Crippen LogP contribution in [0.15, 0.2) is 53.7 Å². The van der Waals surface area contributed by atoms with Gasteiger partial charge in [0.2, 0.25) is 0 Å². The van der Waals surface area contributed by atoms with Crippen LogP contribution in [0.5, 0.6) is 5.75 Å². The lowest BCUT2D eigenvalue weighted by atomic mass is 10.3. The molecule has 0 saturated heterocycles. The molecule has 0 aliphatic heterocycles. The molecule has 0 radical (unpaired) electrons. The van der Waals surface area contributed by atoms with Crippen LogP contribution in [0.1, 0.15) is 17.2 Å². The minimum Gasteiger partial charge on any atom is -0.493 e. The number of ether oxygens (including phenoxy) is 1. The van der Waals surface area contributed by atoms with Gasteiger partial charge in [-0.05, 0) is 38.2 Å². The fourth-order valence-electron chi connectivity index (χ4n) is 2.68. The second kappa shape index (κ2) is 9.53. The molecule has 0 unspecified atom stereocenters. The predicted octanol–water partition coefficient (Wildman–Crippen LogP) is 3.32. The maximum Gasteiger partial charge on any atom is 0.191 e. The Bertz CT molecular complexity index is 853. The Morgan fingerprint density at radius 3 is 2.63 bits per heavy atom. The molecule has 2 heterocycles. The highest BCUT2D eigenvalue weighted by molar-refractivity contribution is 7.99. The van der Waals surface area contributed by atoms with Gasteiger partial charge in [0.1, 0.15) is 11.6 Å². The summed E-state index contributed by atoms with van der Waals surface area (Å²) in [5.74, 6) is 2.66. The second-order valence-electron chi connectivity index (χ2n) is 6.41. The highest BCUT2D eigenvalue weighted by atomic mass is 32.2. The minimum absolute atomic E-state index is 0.635. The summed E-state index contributed by atoms with van der Waals surface area (Å²) < 4.78 is 7.77. The Kier molecular flexibility index (Phi) is 6.84. The zero-order valence-corrected chi connectivity index (χ0v) is 16.8. The number of pyridine rings is 1. The van der Waals surface area contributed by atoms with E-state index in [1.54, 1.807) is 11.8 Å². The molecule has 3 rings (SSSR count). The van der Waals surface area contributed by atoms with Crippen LogP contribution in [0.25, 0.3) is 0 Å². The van der Waals surface area contributed by atoms with Crippen LogP contribution >= 0.6 is 11.8 Å². The molecular weight excluding hydrogens is 358 g/mol. The number of nitrogens with zero attached hydrogens (tertiary/aromatic N) is 5. The van der Waals surface area contributed by atoms with Crippen LogP contribution < -0.4 is 4.74 Å². The maximum atomic E-state index is 5.72. The third-order valence-electron chi connectivity index (χ3n) is 4.04. The van der Waals surface area contributed by atoms with Crippen molar-refractivity contribution in [2.24, 2.45) is 7.05 Å². The first-order chi connectivity index (χ1) is 13.1. The second-order valence-corrected chi connectivity index (χ2v) is 7.47. The molecule has 142 valence electrons. The lowest BCUT2D eigenvalue weighted by Gasteiger charge is -2.15. The van der Waals surface area contributed by atoms with Gasteiger partial charge in [-0.15, -0.1) is 10.2 Å². The Hall–Kier alpha value is -2.38. The smallest absolute Gasteiger partial charge is 0.191 e. The van der Waals surface area contributed by atoms with Crippen LogP contribution in [0.4, 0.5) is 0 Å². The molecule has 2 aromatic heterocycles. The van der Waals surface area contributed by atoms with Gasteiger partial charge in [0, 0.05) is 25.0 Å². The van der Waals surface area contributed by atoms with E-state index >= 15 is 0 Å². The summed E-state index contributed by atoms with van der Waals surface area (Å²) in [6.45, 7) is 4.15. The molecule has 0 atom stereocenters. The molecule has 0 aliphatic carbocycles. The van der Waals surface area contributed by atoms with E-state index in [1.807, 2.05) is 67.1 Å². The van der Waals surface area contributed by atoms with Crippen molar-refractivity contribution < 1.29 is 4.74 Å². The number of rotatable bonds is 9. The van der Waals surface area contributed by atoms with Crippen LogP contribution in [0, 0.1) is 6.92 Å². The number of hydrogen-bond donors (Lipinski definition) is 0. The fraction of sp³-hybridized carbons (Fsp3) is 0.350. The maximum absolute atomic E-state index is 5.72. The van der Waals surface area contributed by atoms with Crippen molar-refractivity contribution in [3.05, 3.63) is 65.7 Å². The van der Waals surface area contributed by atoms with E-state index in [2.05, 4.69) is 27.1 Å². The third kappa shape index (κ3) is 5.80. The monoisotopic (exact) mass is 383 g/mol. The Morgan fingerprint density at radius 2 is 1.85 bits per heavy atom. The van der Waals surface area contributed by atoms with Crippen molar-refractivity contribution in [3.63, 3.8) is 0 Å². The summed E-state index contributed by atoms with van der Waals surface area (Å²) in [6, 6.07) is 16.0. The molecule has 27 heavy (non-hydrogen) atoms. The van der Waals surface area contributed by atoms with Gasteiger partial charge in [0.25, 0.3) is 0 Å². The molecule has 3 aromatic rings. The Morgan fingerprint density at radius 1 is 1.04 bits per heavy atom. The average Bonchev–Trinajstić information content (AvgIpc) is 2.99. The van der Waals surface area contributed by atoms with Crippen molar-refractivity contribution in [2.75, 3.05) is 19.4 Å². The largest absolute Gasteiger partial charge is 0.493 e. The van der Waals surface area contributed by atoms with Gasteiger partial charge in [0.05, 0.1) is 18.8 Å². The zero-order chi connectivity index (χ0) is 19.1. The topological polar surface area (TPSA) is 56.1 Å². The van der Waals surface area contributed by atoms with E-state index < -0.39 is 0 Å². The van der Waals surface area contributed by atoms with E-state index in [9.17, 15) is 0 Å². The van der Waals surface area contributed by atoms with Gasteiger partial charge >= 0.3 is 0 Å². The Labute approximate surface area is 164 Å². The first kappa shape index (κ1) is 19.4. The van der Waals surface area contributed by atoms with Crippen LogP contribution in [0.3, 0.4) is 0 Å². The van der Waals surface area contributed by atoms with E-state index in [0.29, 0.717) is 6.61 Å². The summed E-state index contributed by atoms with van der Waals surface area (Å²) in [4.78, 5) is 6.75. The summed E-state index contributed by atoms with van der Waals surface area (Å²) in [5.41, 5.74) is 2.10. The van der Waals surface area contributed by atoms with E-state index in [1.165, 1.54) is 0 Å². The van der Waals surface area contributed by atoms with Crippen molar-refractivity contribution in [3.8, 4) is 5.75 Å². The molecule has 0 amide bonds. The quantitative estimate of drug-likeness (QED) is 0.417. The van der Waals surface area contributed by atoms with Crippen molar-refractivity contribution in [1.82, 2.24) is 24.6 Å². The number of hydrogen-bond acceptors (Lipinski definition) is 6. The number of aromatic nitrogens is 4. The zero-order valence-electron chi connectivity index (χ0n) is 16.0. The highest BCUT2D eigenvalue weighted by Gasteiger charge is 2.12. The molecule has 0 bridgehead atoms. The molecule has 1 aromatic carbocycles. The highest BCUT2D eigenvalue weighted by Crippen LogP contribution is 2.17. The molecular formula is C20H25N5OS. The third-order valence-corrected chi connectivity index (χ3v) is 5.03. The van der Waals surface area contributed by atoms with Gasteiger partial charge in [-0.2, -0.15) is 0 Å². The first-order valence-electron chi connectivity index (χ1n) is 8.92. The van der Waals surface area contributed by atoms with Crippen LogP contribution in [-0.4, -0.2) is 44.1 Å². The number of thioether (sulfide) groups is 1. The van der Waals surface area contributed by atoms with Crippen LogP contribution in [-0.2, 0) is 20.1 Å². The van der Waals surface area contributed by atoms with Crippen molar-refractivity contribution in [2.45, 2.75) is 25.2 Å². The number of para-hydroxylation sites is 1. The summed E-state index contributed by atoms with van der Waals surface area (Å²) in [5, 5.41) is 9.56. The molecule has 0 spiro atoms. The number of benzene rings is 1. The SMILES string of the molecule is Cc1cccc(CN(C)Cc2nnc(SCCOc3ccccc3)n2C)n1. The van der Waals surface area contributed by atoms with E-state index in [4.69, 9.17) is 4.74 Å². The van der Waals surface area contributed by atoms with E-state index in [0.717, 1.165) is 47.0 Å². The van der Waals surface area contributed by atoms with Crippen molar-refractivity contribution in [1.29, 1.82) is 0 Å². The Balaban J connectivity index is 1.47. The number of aryl methyl sites for hydroxylation is 1. The fourth-order valence-corrected chi connectivity index (χ4v) is 3.43. The summed E-state index contributed by atoms with van der Waals surface area (Å²) in [6.07, 6.45) is 0. The lowest BCUT2D eigenvalue weighted by molar-refractivity contribution is 0.302. The molecule has 7 heteroatoms. The van der Waals surface area contributed by atoms with Gasteiger partial charge in [-0.25, -0.2) is 0 Å². The molecule has 0 saturated carbocycles. The van der Waals surface area contributed by atoms with E-state index in [-0.39, 0.29) is 0 Å². The standard InChI is InChI=1S/C20H25N5OS/c1-16-8-7-9-17(21-16)14-24(2)15-19-22-23-20(25(19)3)27-13-12-26-18-10-5-4-6-11-18/h4-11H,12-15H2,1-3H3. The van der Waals surface area contributed by atoms with Gasteiger partial charge in [-0.1, -0.05) is 36.0 Å². The van der Waals surface area contributed by atoms with Gasteiger partial charge < -0.3 is 9.30 Å². The summed E-state index contributed by atoms with van der Waals surface area (Å²) >= 11 is 1.65. The average molecular weight is 384 g/mol. The molecule has 0 aliphatic rings. The van der Waals surface area contributed by atoms with Gasteiger partial charge in [-0.3, -0.25) is 9.88 Å².